The number of H-pyrrole nitrogens is 1. The van der Waals surface area contributed by atoms with E-state index in [-0.39, 0.29) is 0 Å². The molecule has 0 unspecified atom stereocenters. The van der Waals surface area contributed by atoms with Crippen LogP contribution in [0, 0.1) is 6.92 Å². The van der Waals surface area contributed by atoms with Crippen molar-refractivity contribution in [3.63, 3.8) is 0 Å². The van der Waals surface area contributed by atoms with E-state index in [4.69, 9.17) is 0 Å². The van der Waals surface area contributed by atoms with Gasteiger partial charge in [0.1, 0.15) is 5.82 Å². The van der Waals surface area contributed by atoms with E-state index in [0.717, 1.165) is 33.8 Å². The second-order valence-corrected chi connectivity index (χ2v) is 5.00. The molecule has 0 amide bonds. The zero-order valence-electron chi connectivity index (χ0n) is 12.0. The van der Waals surface area contributed by atoms with Crippen molar-refractivity contribution in [1.29, 1.82) is 0 Å². The summed E-state index contributed by atoms with van der Waals surface area (Å²) in [6, 6.07) is 11.8. The second kappa shape index (κ2) is 5.00. The fourth-order valence-electron chi connectivity index (χ4n) is 2.53. The van der Waals surface area contributed by atoms with Gasteiger partial charge in [-0.05, 0) is 31.2 Å². The minimum Gasteiger partial charge on any atom is -0.338 e. The van der Waals surface area contributed by atoms with Crippen LogP contribution in [-0.4, -0.2) is 25.0 Å². The van der Waals surface area contributed by atoms with Crippen LogP contribution in [-0.2, 0) is 0 Å². The number of nitrogens with one attached hydrogen (secondary N) is 2. The van der Waals surface area contributed by atoms with Crippen LogP contribution in [0.2, 0.25) is 0 Å². The zero-order chi connectivity index (χ0) is 14.9. The number of aryl methyl sites for hydroxylation is 1. The molecular formula is C16H14N6. The molecule has 3 heterocycles. The van der Waals surface area contributed by atoms with Crippen molar-refractivity contribution in [3.8, 4) is 5.69 Å². The standard InChI is InChI=1S/C16H14N6/c1-11-15-13(21-20-11)7-9-17-16(15)19-12-5-2-3-6-14(12)22-10-4-8-18-22/h2-10H,1H3,(H,17,19)(H,20,21). The number of fused-ring (bicyclic) bond motifs is 1. The Morgan fingerprint density at radius 3 is 2.86 bits per heavy atom. The van der Waals surface area contributed by atoms with E-state index in [2.05, 4.69) is 25.6 Å². The molecule has 22 heavy (non-hydrogen) atoms. The van der Waals surface area contributed by atoms with Crippen molar-refractivity contribution in [2.24, 2.45) is 0 Å². The van der Waals surface area contributed by atoms with E-state index in [1.54, 1.807) is 12.4 Å². The minimum absolute atomic E-state index is 0.781. The van der Waals surface area contributed by atoms with Crippen molar-refractivity contribution in [1.82, 2.24) is 25.0 Å². The average Bonchev–Trinajstić information content (AvgIpc) is 3.19. The fourth-order valence-corrected chi connectivity index (χ4v) is 2.53. The van der Waals surface area contributed by atoms with Gasteiger partial charge in [-0.15, -0.1) is 0 Å². The molecule has 6 nitrogen and oxygen atoms in total. The van der Waals surface area contributed by atoms with Gasteiger partial charge in [-0.1, -0.05) is 12.1 Å². The summed E-state index contributed by atoms with van der Waals surface area (Å²) >= 11 is 0. The number of hydrogen-bond donors (Lipinski definition) is 2. The molecule has 4 rings (SSSR count). The Labute approximate surface area is 126 Å². The summed E-state index contributed by atoms with van der Waals surface area (Å²) in [6.07, 6.45) is 5.43. The first-order valence-electron chi connectivity index (χ1n) is 6.99. The Morgan fingerprint density at radius 1 is 1.09 bits per heavy atom. The van der Waals surface area contributed by atoms with Gasteiger partial charge in [-0.25, -0.2) is 9.67 Å². The number of pyridine rings is 1. The molecule has 0 atom stereocenters. The highest BCUT2D eigenvalue weighted by atomic mass is 15.3. The molecule has 0 aliphatic heterocycles. The number of benzene rings is 1. The normalized spacial score (nSPS) is 11.0. The van der Waals surface area contributed by atoms with E-state index in [9.17, 15) is 0 Å². The van der Waals surface area contributed by atoms with Crippen molar-refractivity contribution >= 4 is 22.4 Å². The highest BCUT2D eigenvalue weighted by Gasteiger charge is 2.11. The largest absolute Gasteiger partial charge is 0.338 e. The number of para-hydroxylation sites is 2. The molecule has 108 valence electrons. The summed E-state index contributed by atoms with van der Waals surface area (Å²) in [7, 11) is 0. The predicted molar refractivity (Wildman–Crippen MR) is 85.5 cm³/mol. The lowest BCUT2D eigenvalue weighted by molar-refractivity contribution is 0.882. The number of aromatic nitrogens is 5. The Hall–Kier alpha value is -3.15. The van der Waals surface area contributed by atoms with Crippen LogP contribution in [0.4, 0.5) is 11.5 Å². The highest BCUT2D eigenvalue weighted by molar-refractivity contribution is 5.93. The van der Waals surface area contributed by atoms with E-state index >= 15 is 0 Å². The van der Waals surface area contributed by atoms with Crippen LogP contribution in [0.15, 0.2) is 55.0 Å². The number of anilines is 2. The number of hydrogen-bond acceptors (Lipinski definition) is 4. The van der Waals surface area contributed by atoms with Crippen molar-refractivity contribution < 1.29 is 0 Å². The predicted octanol–water partition coefficient (Wildman–Crippen LogP) is 3.20. The average molecular weight is 290 g/mol. The maximum absolute atomic E-state index is 4.46. The lowest BCUT2D eigenvalue weighted by atomic mass is 10.2. The van der Waals surface area contributed by atoms with E-state index < -0.39 is 0 Å². The first kappa shape index (κ1) is 12.6. The monoisotopic (exact) mass is 290 g/mol. The third-order valence-corrected chi connectivity index (χ3v) is 3.56. The lowest BCUT2D eigenvalue weighted by Crippen LogP contribution is -2.02. The van der Waals surface area contributed by atoms with Gasteiger partial charge in [0, 0.05) is 24.3 Å². The van der Waals surface area contributed by atoms with Gasteiger partial charge in [0.25, 0.3) is 0 Å². The summed E-state index contributed by atoms with van der Waals surface area (Å²) in [5, 5.41) is 16.0. The van der Waals surface area contributed by atoms with Gasteiger partial charge >= 0.3 is 0 Å². The summed E-state index contributed by atoms with van der Waals surface area (Å²) in [5.41, 5.74) is 3.79. The number of aromatic amines is 1. The molecule has 6 heteroatoms. The molecule has 0 aliphatic rings. The molecule has 2 N–H and O–H groups in total. The smallest absolute Gasteiger partial charge is 0.141 e. The maximum Gasteiger partial charge on any atom is 0.141 e. The van der Waals surface area contributed by atoms with E-state index in [1.165, 1.54) is 0 Å². The molecule has 3 aromatic heterocycles. The Kier molecular flexibility index (Phi) is 2.86. The van der Waals surface area contributed by atoms with Crippen LogP contribution in [0.5, 0.6) is 0 Å². The first-order valence-corrected chi connectivity index (χ1v) is 6.99. The maximum atomic E-state index is 4.46. The van der Waals surface area contributed by atoms with Gasteiger partial charge in [0.15, 0.2) is 0 Å². The van der Waals surface area contributed by atoms with Gasteiger partial charge in [0.05, 0.1) is 22.3 Å². The SMILES string of the molecule is Cc1[nH]nc2ccnc(Nc3ccccc3-n3cccn3)c12. The lowest BCUT2D eigenvalue weighted by Gasteiger charge is -2.12. The van der Waals surface area contributed by atoms with Gasteiger partial charge in [0.2, 0.25) is 0 Å². The summed E-state index contributed by atoms with van der Waals surface area (Å²) in [4.78, 5) is 4.46. The van der Waals surface area contributed by atoms with Crippen molar-refractivity contribution in [3.05, 3.63) is 60.7 Å². The van der Waals surface area contributed by atoms with Crippen molar-refractivity contribution in [2.45, 2.75) is 6.92 Å². The molecule has 0 aliphatic carbocycles. The van der Waals surface area contributed by atoms with Crippen LogP contribution in [0.1, 0.15) is 5.69 Å². The van der Waals surface area contributed by atoms with Gasteiger partial charge in [-0.2, -0.15) is 10.2 Å². The Morgan fingerprint density at radius 2 is 2.00 bits per heavy atom. The summed E-state index contributed by atoms with van der Waals surface area (Å²) in [5.74, 6) is 0.781. The summed E-state index contributed by atoms with van der Waals surface area (Å²) in [6.45, 7) is 1.99. The molecule has 0 bridgehead atoms. The van der Waals surface area contributed by atoms with E-state index in [1.807, 2.05) is 54.2 Å². The van der Waals surface area contributed by atoms with Crippen molar-refractivity contribution in [2.75, 3.05) is 5.32 Å². The molecule has 0 saturated carbocycles. The molecule has 4 aromatic rings. The summed E-state index contributed by atoms with van der Waals surface area (Å²) < 4.78 is 1.82. The minimum atomic E-state index is 0.781. The zero-order valence-corrected chi connectivity index (χ0v) is 12.0. The number of nitrogens with zero attached hydrogens (tertiary/aromatic N) is 4. The van der Waals surface area contributed by atoms with Crippen LogP contribution in [0.3, 0.4) is 0 Å². The van der Waals surface area contributed by atoms with Crippen LogP contribution >= 0.6 is 0 Å². The molecule has 0 spiro atoms. The molecule has 0 fully saturated rings. The quantitative estimate of drug-likeness (QED) is 0.608. The Bertz CT molecular complexity index is 923. The number of rotatable bonds is 3. The second-order valence-electron chi connectivity index (χ2n) is 5.00. The molecule has 1 aromatic carbocycles. The fraction of sp³-hybridized carbons (Fsp3) is 0.0625. The van der Waals surface area contributed by atoms with Gasteiger partial charge < -0.3 is 5.32 Å². The molecule has 0 radical (unpaired) electrons. The first-order chi connectivity index (χ1) is 10.8. The third-order valence-electron chi connectivity index (χ3n) is 3.56. The topological polar surface area (TPSA) is 71.4 Å². The molecule has 0 saturated heterocycles. The van der Waals surface area contributed by atoms with Gasteiger partial charge in [-0.3, -0.25) is 5.10 Å². The third kappa shape index (κ3) is 2.01. The highest BCUT2D eigenvalue weighted by Crippen LogP contribution is 2.28. The van der Waals surface area contributed by atoms with Crippen LogP contribution in [0.25, 0.3) is 16.6 Å². The van der Waals surface area contributed by atoms with Crippen LogP contribution < -0.4 is 5.32 Å². The molecular weight excluding hydrogens is 276 g/mol. The Balaban J connectivity index is 1.82. The van der Waals surface area contributed by atoms with E-state index in [0.29, 0.717) is 0 Å².